The number of rotatable bonds is 5. The van der Waals surface area contributed by atoms with E-state index in [-0.39, 0.29) is 5.54 Å². The monoisotopic (exact) mass is 405 g/mol. The van der Waals surface area contributed by atoms with Gasteiger partial charge in [0.05, 0.1) is 17.1 Å². The Morgan fingerprint density at radius 1 is 1.14 bits per heavy atom. The lowest BCUT2D eigenvalue weighted by Crippen LogP contribution is -2.43. The second-order valence-electron chi connectivity index (χ2n) is 7.52. The summed E-state index contributed by atoms with van der Waals surface area (Å²) in [6.45, 7) is 0.552. The molecule has 2 heterocycles. The van der Waals surface area contributed by atoms with Crippen LogP contribution in [-0.4, -0.2) is 31.8 Å². The fourth-order valence-corrected chi connectivity index (χ4v) is 3.59. The Labute approximate surface area is 165 Å². The number of hydrogen-bond acceptors (Lipinski definition) is 6. The molecule has 3 aromatic rings. The number of aryl methyl sites for hydroxylation is 1. The maximum Gasteiger partial charge on any atom is 0.416 e. The van der Waals surface area contributed by atoms with Crippen LogP contribution in [0, 0.1) is 0 Å². The van der Waals surface area contributed by atoms with Crippen molar-refractivity contribution in [1.82, 2.24) is 19.7 Å². The average Bonchev–Trinajstić information content (AvgIpc) is 3.27. The van der Waals surface area contributed by atoms with Crippen molar-refractivity contribution in [3.05, 3.63) is 36.0 Å². The van der Waals surface area contributed by atoms with E-state index in [1.54, 1.807) is 17.9 Å². The van der Waals surface area contributed by atoms with E-state index in [0.717, 1.165) is 37.8 Å². The maximum absolute atomic E-state index is 12.8. The minimum atomic E-state index is -4.38. The number of nitrogens with one attached hydrogen (secondary N) is 2. The zero-order valence-corrected chi connectivity index (χ0v) is 15.9. The van der Waals surface area contributed by atoms with E-state index >= 15 is 0 Å². The van der Waals surface area contributed by atoms with Gasteiger partial charge in [0.15, 0.2) is 5.65 Å². The van der Waals surface area contributed by atoms with Crippen molar-refractivity contribution in [2.24, 2.45) is 12.8 Å². The highest BCUT2D eigenvalue weighted by Crippen LogP contribution is 2.31. The molecule has 0 aliphatic heterocycles. The van der Waals surface area contributed by atoms with Crippen LogP contribution in [0.3, 0.4) is 0 Å². The van der Waals surface area contributed by atoms with E-state index in [1.807, 2.05) is 0 Å². The molecule has 0 radical (unpaired) electrons. The molecule has 4 N–H and O–H groups in total. The number of benzene rings is 1. The second-order valence-corrected chi connectivity index (χ2v) is 7.52. The van der Waals surface area contributed by atoms with Gasteiger partial charge in [-0.15, -0.1) is 0 Å². The fraction of sp³-hybridized carbons (Fsp3) is 0.421. The van der Waals surface area contributed by atoms with Gasteiger partial charge < -0.3 is 16.4 Å². The number of nitrogens with zero attached hydrogens (tertiary/aromatic N) is 4. The first-order chi connectivity index (χ1) is 13.7. The van der Waals surface area contributed by atoms with E-state index in [2.05, 4.69) is 25.7 Å². The van der Waals surface area contributed by atoms with Gasteiger partial charge in [-0.05, 0) is 37.1 Å². The molecule has 0 atom stereocenters. The predicted octanol–water partition coefficient (Wildman–Crippen LogP) is 3.81. The quantitative estimate of drug-likeness (QED) is 0.598. The van der Waals surface area contributed by atoms with Crippen molar-refractivity contribution < 1.29 is 13.2 Å². The van der Waals surface area contributed by atoms with Crippen molar-refractivity contribution in [3.8, 4) is 0 Å². The Bertz CT molecular complexity index is 1010. The molecule has 0 spiro atoms. The number of halogens is 3. The lowest BCUT2D eigenvalue weighted by molar-refractivity contribution is -0.137. The van der Waals surface area contributed by atoms with Crippen LogP contribution in [-0.2, 0) is 13.2 Å². The van der Waals surface area contributed by atoms with Crippen molar-refractivity contribution in [3.63, 3.8) is 0 Å². The van der Waals surface area contributed by atoms with Gasteiger partial charge in [0.25, 0.3) is 0 Å². The maximum atomic E-state index is 12.8. The summed E-state index contributed by atoms with van der Waals surface area (Å²) in [4.78, 5) is 9.02. The molecule has 2 aromatic heterocycles. The molecule has 10 heteroatoms. The van der Waals surface area contributed by atoms with Crippen LogP contribution in [0.25, 0.3) is 11.0 Å². The standard InChI is InChI=1S/C19H22F3N7/c1-29-16-14(10-25-29)15(26-13-6-4-12(5-7-13)19(20,21)22)27-17(28-16)24-11-18(23)8-2-3-9-18/h4-7,10H,2-3,8-9,11,23H2,1H3,(H2,24,26,27,28). The molecule has 7 nitrogen and oxygen atoms in total. The lowest BCUT2D eigenvalue weighted by Gasteiger charge is -2.23. The first-order valence-electron chi connectivity index (χ1n) is 9.40. The summed E-state index contributed by atoms with van der Waals surface area (Å²) in [5.41, 5.74) is 6.51. The van der Waals surface area contributed by atoms with Gasteiger partial charge in [-0.1, -0.05) is 12.8 Å². The summed E-state index contributed by atoms with van der Waals surface area (Å²) in [5.74, 6) is 0.857. The van der Waals surface area contributed by atoms with Crippen molar-refractivity contribution >= 4 is 28.5 Å². The third kappa shape index (κ3) is 4.12. The highest BCUT2D eigenvalue weighted by molar-refractivity contribution is 5.89. The van der Waals surface area contributed by atoms with Gasteiger partial charge in [0.2, 0.25) is 5.95 Å². The minimum Gasteiger partial charge on any atom is -0.352 e. The smallest absolute Gasteiger partial charge is 0.352 e. The highest BCUT2D eigenvalue weighted by atomic mass is 19.4. The molecule has 1 aliphatic carbocycles. The molecule has 0 bridgehead atoms. The third-order valence-corrected chi connectivity index (χ3v) is 5.26. The molecule has 0 saturated heterocycles. The van der Waals surface area contributed by atoms with E-state index in [1.165, 1.54) is 12.1 Å². The molecule has 1 aliphatic rings. The van der Waals surface area contributed by atoms with Crippen LogP contribution in [0.4, 0.5) is 30.6 Å². The predicted molar refractivity (Wildman–Crippen MR) is 105 cm³/mol. The fourth-order valence-electron chi connectivity index (χ4n) is 3.59. The Morgan fingerprint density at radius 3 is 2.48 bits per heavy atom. The number of nitrogens with two attached hydrogens (primary N) is 1. The summed E-state index contributed by atoms with van der Waals surface area (Å²) < 4.78 is 40.0. The summed E-state index contributed by atoms with van der Waals surface area (Å²) in [5, 5.41) is 11.2. The van der Waals surface area contributed by atoms with E-state index in [9.17, 15) is 13.2 Å². The van der Waals surface area contributed by atoms with Gasteiger partial charge in [-0.2, -0.15) is 28.2 Å². The first kappa shape index (κ1) is 19.4. The largest absolute Gasteiger partial charge is 0.416 e. The van der Waals surface area contributed by atoms with Crippen LogP contribution in [0.15, 0.2) is 30.5 Å². The van der Waals surface area contributed by atoms with E-state index < -0.39 is 11.7 Å². The number of aromatic nitrogens is 4. The molecule has 4 rings (SSSR count). The molecule has 0 unspecified atom stereocenters. The Kier molecular flexibility index (Phi) is 4.81. The van der Waals surface area contributed by atoms with Crippen LogP contribution in [0.2, 0.25) is 0 Å². The third-order valence-electron chi connectivity index (χ3n) is 5.26. The zero-order valence-electron chi connectivity index (χ0n) is 15.9. The van der Waals surface area contributed by atoms with Crippen LogP contribution in [0.5, 0.6) is 0 Å². The second kappa shape index (κ2) is 7.18. The van der Waals surface area contributed by atoms with Crippen molar-refractivity contribution in [2.45, 2.75) is 37.4 Å². The van der Waals surface area contributed by atoms with Crippen LogP contribution < -0.4 is 16.4 Å². The number of alkyl halides is 3. The summed E-state index contributed by atoms with van der Waals surface area (Å²) >= 11 is 0. The van der Waals surface area contributed by atoms with Crippen molar-refractivity contribution in [1.29, 1.82) is 0 Å². The van der Waals surface area contributed by atoms with Gasteiger partial charge in [0.1, 0.15) is 5.82 Å². The summed E-state index contributed by atoms with van der Waals surface area (Å²) in [6.07, 6.45) is 1.36. The van der Waals surface area contributed by atoms with E-state index in [4.69, 9.17) is 5.73 Å². The lowest BCUT2D eigenvalue weighted by atomic mass is 10.00. The molecule has 1 fully saturated rings. The Balaban J connectivity index is 1.61. The number of hydrogen-bond donors (Lipinski definition) is 3. The molecule has 29 heavy (non-hydrogen) atoms. The number of fused-ring (bicyclic) bond motifs is 1. The normalized spacial score (nSPS) is 16.3. The molecule has 154 valence electrons. The molecular formula is C19H22F3N7. The topological polar surface area (TPSA) is 93.7 Å². The van der Waals surface area contributed by atoms with Crippen LogP contribution in [0.1, 0.15) is 31.2 Å². The molecule has 0 amide bonds. The zero-order chi connectivity index (χ0) is 20.6. The SMILES string of the molecule is Cn1ncc2c(Nc3ccc(C(F)(F)F)cc3)nc(NCC3(N)CCCC3)nc21. The molecular weight excluding hydrogens is 383 g/mol. The molecule has 1 saturated carbocycles. The molecule has 1 aromatic carbocycles. The average molecular weight is 405 g/mol. The van der Waals surface area contributed by atoms with E-state index in [0.29, 0.717) is 35.0 Å². The number of anilines is 3. The summed E-state index contributed by atoms with van der Waals surface area (Å²) in [7, 11) is 1.77. The van der Waals surface area contributed by atoms with Crippen molar-refractivity contribution in [2.75, 3.05) is 17.2 Å². The van der Waals surface area contributed by atoms with Gasteiger partial charge in [-0.25, -0.2) is 0 Å². The van der Waals surface area contributed by atoms with Gasteiger partial charge in [0, 0.05) is 24.8 Å². The van der Waals surface area contributed by atoms with Gasteiger partial charge >= 0.3 is 6.18 Å². The minimum absolute atomic E-state index is 0.272. The Morgan fingerprint density at radius 2 is 1.83 bits per heavy atom. The van der Waals surface area contributed by atoms with Gasteiger partial charge in [-0.3, -0.25) is 4.68 Å². The highest BCUT2D eigenvalue weighted by Gasteiger charge is 2.30. The van der Waals surface area contributed by atoms with Crippen LogP contribution >= 0.6 is 0 Å². The Hall–Kier alpha value is -2.88. The summed E-state index contributed by atoms with van der Waals surface area (Å²) in [6, 6.07) is 4.80. The first-order valence-corrected chi connectivity index (χ1v) is 9.40.